The molecule has 0 aliphatic carbocycles. The van der Waals surface area contributed by atoms with E-state index in [1.54, 1.807) is 42.5 Å². The minimum absolute atomic E-state index is 0.0454. The molecule has 0 atom stereocenters. The fraction of sp³-hybridized carbons (Fsp3) is 0. The molecule has 0 saturated heterocycles. The van der Waals surface area contributed by atoms with Crippen LogP contribution in [0.2, 0.25) is 0 Å². The van der Waals surface area contributed by atoms with Crippen LogP contribution in [-0.2, 0) is 0 Å². The van der Waals surface area contributed by atoms with E-state index in [0.717, 1.165) is 16.3 Å². The number of carbonyl (C=O) groups is 2. The lowest BCUT2D eigenvalue weighted by Gasteiger charge is -2.12. The van der Waals surface area contributed by atoms with E-state index in [9.17, 15) is 14.7 Å². The Balaban J connectivity index is 1.95. The van der Waals surface area contributed by atoms with Gasteiger partial charge in [0.25, 0.3) is 11.8 Å². The molecular formula is C14H9NO3S. The van der Waals surface area contributed by atoms with Crippen LogP contribution < -0.4 is 0 Å². The highest BCUT2D eigenvalue weighted by Crippen LogP contribution is 2.36. The van der Waals surface area contributed by atoms with E-state index in [4.69, 9.17) is 0 Å². The number of amides is 2. The smallest absolute Gasteiger partial charge is 0.272 e. The number of phenols is 1. The van der Waals surface area contributed by atoms with Gasteiger partial charge in [-0.05, 0) is 24.3 Å². The third-order valence-corrected chi connectivity index (χ3v) is 3.87. The first-order chi connectivity index (χ1) is 9.18. The van der Waals surface area contributed by atoms with E-state index in [0.29, 0.717) is 16.0 Å². The lowest BCUT2D eigenvalue weighted by atomic mass is 10.1. The second kappa shape index (κ2) is 4.44. The van der Waals surface area contributed by atoms with Gasteiger partial charge >= 0.3 is 0 Å². The molecule has 2 aromatic carbocycles. The highest BCUT2D eigenvalue weighted by molar-refractivity contribution is 7.98. The van der Waals surface area contributed by atoms with Crippen LogP contribution in [0.4, 0.5) is 0 Å². The summed E-state index contributed by atoms with van der Waals surface area (Å²) in [5.74, 6) is -0.660. The van der Waals surface area contributed by atoms with Crippen molar-refractivity contribution in [1.29, 1.82) is 0 Å². The summed E-state index contributed by atoms with van der Waals surface area (Å²) in [5, 5.41) is 9.69. The van der Waals surface area contributed by atoms with Gasteiger partial charge < -0.3 is 5.11 Å². The molecule has 19 heavy (non-hydrogen) atoms. The first-order valence-electron chi connectivity index (χ1n) is 5.62. The predicted octanol–water partition coefficient (Wildman–Crippen LogP) is 2.70. The third kappa shape index (κ3) is 1.88. The number of hydrogen-bond donors (Lipinski definition) is 1. The van der Waals surface area contributed by atoms with E-state index in [-0.39, 0.29) is 17.6 Å². The number of benzene rings is 2. The molecule has 0 fully saturated rings. The lowest BCUT2D eigenvalue weighted by molar-refractivity contribution is 0.0777. The molecule has 0 saturated carbocycles. The molecule has 0 radical (unpaired) electrons. The Labute approximate surface area is 113 Å². The van der Waals surface area contributed by atoms with Crippen molar-refractivity contribution < 1.29 is 14.7 Å². The first kappa shape index (κ1) is 11.8. The minimum Gasteiger partial charge on any atom is -0.507 e. The van der Waals surface area contributed by atoms with Crippen molar-refractivity contribution in [2.75, 3.05) is 0 Å². The molecule has 1 aliphatic rings. The fourth-order valence-electron chi connectivity index (χ4n) is 1.88. The molecule has 3 rings (SSSR count). The van der Waals surface area contributed by atoms with Crippen LogP contribution in [0, 0.1) is 0 Å². The van der Waals surface area contributed by atoms with Crippen LogP contribution in [0.5, 0.6) is 5.75 Å². The average molecular weight is 271 g/mol. The summed E-state index contributed by atoms with van der Waals surface area (Å²) >= 11 is 0.935. The van der Waals surface area contributed by atoms with Crippen molar-refractivity contribution >= 4 is 23.8 Å². The van der Waals surface area contributed by atoms with Gasteiger partial charge in [-0.25, -0.2) is 4.31 Å². The normalized spacial score (nSPS) is 13.8. The largest absolute Gasteiger partial charge is 0.507 e. The van der Waals surface area contributed by atoms with Crippen molar-refractivity contribution in [3.63, 3.8) is 0 Å². The Kier molecular flexibility index (Phi) is 2.76. The van der Waals surface area contributed by atoms with Crippen molar-refractivity contribution in [1.82, 2.24) is 4.31 Å². The maximum Gasteiger partial charge on any atom is 0.272 e. The van der Waals surface area contributed by atoms with Crippen molar-refractivity contribution in [3.8, 4) is 5.75 Å². The molecule has 4 nitrogen and oxygen atoms in total. The van der Waals surface area contributed by atoms with Gasteiger partial charge in [0, 0.05) is 11.9 Å². The zero-order chi connectivity index (χ0) is 13.4. The van der Waals surface area contributed by atoms with Gasteiger partial charge in [0.1, 0.15) is 5.75 Å². The average Bonchev–Trinajstić information content (AvgIpc) is 2.67. The molecule has 0 bridgehead atoms. The van der Waals surface area contributed by atoms with Gasteiger partial charge in [0.15, 0.2) is 0 Å². The summed E-state index contributed by atoms with van der Waals surface area (Å²) in [5.41, 5.74) is 0.797. The van der Waals surface area contributed by atoms with Crippen molar-refractivity contribution in [3.05, 3.63) is 59.7 Å². The van der Waals surface area contributed by atoms with Gasteiger partial charge in [-0.2, -0.15) is 0 Å². The maximum absolute atomic E-state index is 12.1. The lowest BCUT2D eigenvalue weighted by Crippen LogP contribution is -2.21. The van der Waals surface area contributed by atoms with E-state index in [1.165, 1.54) is 6.07 Å². The first-order valence-corrected chi connectivity index (χ1v) is 6.39. The van der Waals surface area contributed by atoms with E-state index >= 15 is 0 Å². The van der Waals surface area contributed by atoms with Crippen LogP contribution in [0.25, 0.3) is 0 Å². The SMILES string of the molecule is O=C1c2ccccc2C(=O)N1Sc1ccccc1O. The summed E-state index contributed by atoms with van der Waals surface area (Å²) in [6, 6.07) is 13.3. The Morgan fingerprint density at radius 2 is 1.37 bits per heavy atom. The number of hydrogen-bond acceptors (Lipinski definition) is 4. The Morgan fingerprint density at radius 3 is 1.95 bits per heavy atom. The zero-order valence-corrected chi connectivity index (χ0v) is 10.6. The number of carbonyl (C=O) groups excluding carboxylic acids is 2. The summed E-state index contributed by atoms with van der Waals surface area (Å²) < 4.78 is 1.07. The van der Waals surface area contributed by atoms with Crippen LogP contribution in [0.15, 0.2) is 53.4 Å². The Bertz CT molecular complexity index is 649. The van der Waals surface area contributed by atoms with Crippen molar-refractivity contribution in [2.45, 2.75) is 4.90 Å². The monoisotopic (exact) mass is 271 g/mol. The number of aromatic hydroxyl groups is 1. The summed E-state index contributed by atoms with van der Waals surface area (Å²) in [7, 11) is 0. The summed E-state index contributed by atoms with van der Waals surface area (Å²) in [6.07, 6.45) is 0. The quantitative estimate of drug-likeness (QED) is 0.674. The number of imide groups is 1. The summed E-state index contributed by atoms with van der Waals surface area (Å²) in [6.45, 7) is 0. The molecule has 0 unspecified atom stereocenters. The molecule has 2 aromatic rings. The van der Waals surface area contributed by atoms with Gasteiger partial charge in [-0.3, -0.25) is 9.59 Å². The topological polar surface area (TPSA) is 57.6 Å². The molecule has 2 amide bonds. The highest BCUT2D eigenvalue weighted by atomic mass is 32.2. The molecule has 94 valence electrons. The molecule has 0 aromatic heterocycles. The number of phenolic OH excluding ortho intramolecular Hbond substituents is 1. The standard InChI is InChI=1S/C14H9NO3S/c16-11-7-3-4-8-12(11)19-15-13(17)9-5-1-2-6-10(9)14(15)18/h1-8,16H. The van der Waals surface area contributed by atoms with Crippen LogP contribution >= 0.6 is 11.9 Å². The second-order valence-corrected chi connectivity index (χ2v) is 5.00. The zero-order valence-electron chi connectivity index (χ0n) is 9.74. The van der Waals surface area contributed by atoms with E-state index in [2.05, 4.69) is 0 Å². The van der Waals surface area contributed by atoms with Gasteiger partial charge in [0.2, 0.25) is 0 Å². The number of fused-ring (bicyclic) bond motifs is 1. The molecule has 5 heteroatoms. The number of nitrogens with zero attached hydrogens (tertiary/aromatic N) is 1. The maximum atomic E-state index is 12.1. The molecule has 1 N–H and O–H groups in total. The van der Waals surface area contributed by atoms with Crippen LogP contribution in [0.1, 0.15) is 20.7 Å². The number of rotatable bonds is 2. The van der Waals surface area contributed by atoms with Gasteiger partial charge in [-0.1, -0.05) is 24.3 Å². The van der Waals surface area contributed by atoms with E-state index in [1.807, 2.05) is 0 Å². The number of para-hydroxylation sites is 1. The Hall–Kier alpha value is -2.27. The van der Waals surface area contributed by atoms with Gasteiger partial charge in [-0.15, -0.1) is 0 Å². The minimum atomic E-state index is -0.353. The molecule has 1 aliphatic heterocycles. The Morgan fingerprint density at radius 1 is 0.842 bits per heavy atom. The highest BCUT2D eigenvalue weighted by Gasteiger charge is 2.36. The molecule has 0 spiro atoms. The molecular weight excluding hydrogens is 262 g/mol. The van der Waals surface area contributed by atoms with E-state index < -0.39 is 0 Å². The fourth-order valence-corrected chi connectivity index (χ4v) is 2.74. The summed E-state index contributed by atoms with van der Waals surface area (Å²) in [4.78, 5) is 24.7. The second-order valence-electron chi connectivity index (χ2n) is 4.01. The van der Waals surface area contributed by atoms with Gasteiger partial charge in [0.05, 0.1) is 16.0 Å². The van der Waals surface area contributed by atoms with Crippen LogP contribution in [0.3, 0.4) is 0 Å². The molecule has 1 heterocycles. The van der Waals surface area contributed by atoms with Crippen molar-refractivity contribution in [2.24, 2.45) is 0 Å². The van der Waals surface area contributed by atoms with Crippen LogP contribution in [-0.4, -0.2) is 21.2 Å². The predicted molar refractivity (Wildman–Crippen MR) is 70.9 cm³/mol. The third-order valence-electron chi connectivity index (χ3n) is 2.81.